The summed E-state index contributed by atoms with van der Waals surface area (Å²) >= 11 is 0. The van der Waals surface area contributed by atoms with Gasteiger partial charge in [0.15, 0.2) is 5.82 Å². The van der Waals surface area contributed by atoms with E-state index < -0.39 is 6.04 Å². The normalized spacial score (nSPS) is 17.2. The number of nitrogens with zero attached hydrogens (tertiary/aromatic N) is 5. The third-order valence-electron chi connectivity index (χ3n) is 7.58. The van der Waals surface area contributed by atoms with Gasteiger partial charge in [-0.3, -0.25) is 9.69 Å². The van der Waals surface area contributed by atoms with Gasteiger partial charge in [-0.15, -0.1) is 5.10 Å². The number of nitrogens with one attached hydrogen (secondary N) is 1. The third kappa shape index (κ3) is 5.24. The first-order valence-electron chi connectivity index (χ1n) is 13.2. The van der Waals surface area contributed by atoms with Crippen LogP contribution in [0.15, 0.2) is 51.9 Å². The molecule has 1 aliphatic rings. The third-order valence-corrected chi connectivity index (χ3v) is 7.58. The van der Waals surface area contributed by atoms with E-state index in [2.05, 4.69) is 65.2 Å². The second kappa shape index (κ2) is 10.6. The lowest BCUT2D eigenvalue weighted by Gasteiger charge is -2.34. The number of benzene rings is 1. The van der Waals surface area contributed by atoms with Crippen molar-refractivity contribution in [2.24, 2.45) is 0 Å². The topological polar surface area (TPSA) is 102 Å². The van der Waals surface area contributed by atoms with Crippen LogP contribution in [-0.4, -0.2) is 49.3 Å². The quantitative estimate of drug-likeness (QED) is 0.337. The SMILES string of the molecule is CCc1ccc2[nH]c(=O)c(C(c3nnnn3C(C)(C)CC)N(Cc3ccco3)CC3CCCO3)cc2c1. The fraction of sp³-hybridized carbons (Fsp3) is 0.500. The van der Waals surface area contributed by atoms with E-state index in [0.717, 1.165) is 49.0 Å². The molecule has 0 amide bonds. The summed E-state index contributed by atoms with van der Waals surface area (Å²) in [5, 5.41) is 14.0. The molecule has 1 fully saturated rings. The predicted molar refractivity (Wildman–Crippen MR) is 141 cm³/mol. The summed E-state index contributed by atoms with van der Waals surface area (Å²) in [5.41, 5.74) is 2.15. The fourth-order valence-corrected chi connectivity index (χ4v) is 5.05. The highest BCUT2D eigenvalue weighted by molar-refractivity contribution is 5.80. The van der Waals surface area contributed by atoms with Gasteiger partial charge in [-0.25, -0.2) is 4.68 Å². The predicted octanol–water partition coefficient (Wildman–Crippen LogP) is 4.59. The van der Waals surface area contributed by atoms with Crippen molar-refractivity contribution in [3.05, 3.63) is 75.7 Å². The number of furan rings is 1. The lowest BCUT2D eigenvalue weighted by atomic mass is 9.98. The van der Waals surface area contributed by atoms with E-state index in [0.29, 0.717) is 24.5 Å². The summed E-state index contributed by atoms with van der Waals surface area (Å²) in [6.45, 7) is 10.3. The smallest absolute Gasteiger partial charge is 0.253 e. The molecule has 37 heavy (non-hydrogen) atoms. The molecule has 0 bridgehead atoms. The van der Waals surface area contributed by atoms with Crippen LogP contribution in [0.3, 0.4) is 0 Å². The molecule has 9 nitrogen and oxygen atoms in total. The molecular weight excluding hydrogens is 468 g/mol. The number of aryl methyl sites for hydroxylation is 1. The first kappa shape index (κ1) is 25.4. The van der Waals surface area contributed by atoms with Crippen molar-refractivity contribution in [2.75, 3.05) is 13.2 Å². The van der Waals surface area contributed by atoms with Crippen molar-refractivity contribution in [1.82, 2.24) is 30.1 Å². The standard InChI is InChI=1S/C28H36N6O3/c1-5-19-11-12-24-20(15-19)16-23(27(35)29-24)25(26-30-31-32-34(26)28(3,4)6-2)33(17-21-9-7-13-36-21)18-22-10-8-14-37-22/h7,9,11-13,15-16,22,25H,5-6,8,10,14,17-18H2,1-4H3,(H,29,35). The zero-order chi connectivity index (χ0) is 26.0. The van der Waals surface area contributed by atoms with Gasteiger partial charge in [-0.05, 0) is 91.2 Å². The highest BCUT2D eigenvalue weighted by Crippen LogP contribution is 2.33. The molecule has 1 aliphatic heterocycles. The fourth-order valence-electron chi connectivity index (χ4n) is 5.05. The monoisotopic (exact) mass is 504 g/mol. The molecule has 0 aliphatic carbocycles. The molecule has 0 radical (unpaired) electrons. The first-order chi connectivity index (χ1) is 17.9. The van der Waals surface area contributed by atoms with Crippen molar-refractivity contribution < 1.29 is 9.15 Å². The summed E-state index contributed by atoms with van der Waals surface area (Å²) in [7, 11) is 0. The van der Waals surface area contributed by atoms with Gasteiger partial charge in [0.2, 0.25) is 0 Å². The molecule has 4 aromatic rings. The Morgan fingerprint density at radius 3 is 2.81 bits per heavy atom. The van der Waals surface area contributed by atoms with E-state index in [-0.39, 0.29) is 17.2 Å². The van der Waals surface area contributed by atoms with Gasteiger partial charge in [0.25, 0.3) is 5.56 Å². The molecule has 9 heteroatoms. The van der Waals surface area contributed by atoms with Crippen molar-refractivity contribution in [3.63, 3.8) is 0 Å². The number of H-pyrrole nitrogens is 1. The lowest BCUT2D eigenvalue weighted by molar-refractivity contribution is 0.0534. The second-order valence-electron chi connectivity index (χ2n) is 10.5. The maximum atomic E-state index is 13.7. The van der Waals surface area contributed by atoms with E-state index in [1.165, 1.54) is 5.56 Å². The van der Waals surface area contributed by atoms with E-state index in [4.69, 9.17) is 9.15 Å². The molecular formula is C28H36N6O3. The highest BCUT2D eigenvalue weighted by atomic mass is 16.5. The van der Waals surface area contributed by atoms with Gasteiger partial charge >= 0.3 is 0 Å². The van der Waals surface area contributed by atoms with Crippen LogP contribution in [0.5, 0.6) is 0 Å². The van der Waals surface area contributed by atoms with Crippen LogP contribution in [-0.2, 0) is 23.2 Å². The van der Waals surface area contributed by atoms with Gasteiger partial charge in [0.1, 0.15) is 11.8 Å². The Bertz CT molecular complexity index is 1380. The van der Waals surface area contributed by atoms with E-state index >= 15 is 0 Å². The molecule has 3 aromatic heterocycles. The minimum atomic E-state index is -0.506. The van der Waals surface area contributed by atoms with Crippen molar-refractivity contribution in [3.8, 4) is 0 Å². The van der Waals surface area contributed by atoms with E-state index in [9.17, 15) is 4.79 Å². The zero-order valence-electron chi connectivity index (χ0n) is 22.1. The average Bonchev–Trinajstić information content (AvgIpc) is 3.68. The molecule has 1 N–H and O–H groups in total. The number of tetrazole rings is 1. The molecule has 0 spiro atoms. The molecule has 196 valence electrons. The number of aromatic nitrogens is 5. The van der Waals surface area contributed by atoms with Crippen LogP contribution in [0.25, 0.3) is 10.9 Å². The number of fused-ring (bicyclic) bond motifs is 1. The summed E-state index contributed by atoms with van der Waals surface area (Å²) < 4.78 is 13.7. The van der Waals surface area contributed by atoms with Gasteiger partial charge in [0.05, 0.1) is 24.5 Å². The minimum Gasteiger partial charge on any atom is -0.468 e. The van der Waals surface area contributed by atoms with Gasteiger partial charge in [-0.2, -0.15) is 0 Å². The molecule has 2 atom stereocenters. The number of rotatable bonds is 10. The summed E-state index contributed by atoms with van der Waals surface area (Å²) in [5.74, 6) is 1.44. The molecule has 5 rings (SSSR count). The van der Waals surface area contributed by atoms with Gasteiger partial charge in [-0.1, -0.05) is 19.9 Å². The first-order valence-corrected chi connectivity index (χ1v) is 13.2. The number of ether oxygens (including phenoxy) is 1. The van der Waals surface area contributed by atoms with Gasteiger partial charge in [0, 0.05) is 24.2 Å². The van der Waals surface area contributed by atoms with E-state index in [1.54, 1.807) is 6.26 Å². The van der Waals surface area contributed by atoms with Crippen LogP contribution in [0.2, 0.25) is 0 Å². The Morgan fingerprint density at radius 1 is 1.24 bits per heavy atom. The zero-order valence-corrected chi connectivity index (χ0v) is 22.1. The summed E-state index contributed by atoms with van der Waals surface area (Å²) in [6, 6.07) is 11.5. The highest BCUT2D eigenvalue weighted by Gasteiger charge is 2.36. The van der Waals surface area contributed by atoms with E-state index in [1.807, 2.05) is 28.9 Å². The van der Waals surface area contributed by atoms with Crippen LogP contribution >= 0.6 is 0 Å². The lowest BCUT2D eigenvalue weighted by Crippen LogP contribution is -2.41. The van der Waals surface area contributed by atoms with Crippen LogP contribution in [0.1, 0.15) is 75.7 Å². The number of pyridine rings is 1. The Labute approximate surface area is 216 Å². The van der Waals surface area contributed by atoms with Crippen LogP contribution < -0.4 is 5.56 Å². The number of aromatic amines is 1. The Morgan fingerprint density at radius 2 is 2.11 bits per heavy atom. The van der Waals surface area contributed by atoms with Crippen LogP contribution in [0, 0.1) is 0 Å². The number of hydrogen-bond donors (Lipinski definition) is 1. The van der Waals surface area contributed by atoms with Crippen molar-refractivity contribution in [2.45, 2.75) is 77.6 Å². The largest absolute Gasteiger partial charge is 0.468 e. The van der Waals surface area contributed by atoms with Crippen molar-refractivity contribution in [1.29, 1.82) is 0 Å². The Kier molecular flexibility index (Phi) is 7.26. The van der Waals surface area contributed by atoms with Crippen LogP contribution in [0.4, 0.5) is 0 Å². The van der Waals surface area contributed by atoms with Gasteiger partial charge < -0.3 is 14.1 Å². The molecule has 1 aromatic carbocycles. The number of hydrogen-bond acceptors (Lipinski definition) is 7. The van der Waals surface area contributed by atoms with Crippen molar-refractivity contribution >= 4 is 10.9 Å². The Balaban J connectivity index is 1.70. The molecule has 1 saturated heterocycles. The average molecular weight is 505 g/mol. The minimum absolute atomic E-state index is 0.0622. The Hall–Kier alpha value is -3.30. The summed E-state index contributed by atoms with van der Waals surface area (Å²) in [4.78, 5) is 19.0. The molecule has 0 saturated carbocycles. The molecule has 4 heterocycles. The maximum absolute atomic E-state index is 13.7. The molecule has 2 unspecified atom stereocenters. The second-order valence-corrected chi connectivity index (χ2v) is 10.5. The maximum Gasteiger partial charge on any atom is 0.253 e. The summed E-state index contributed by atoms with van der Waals surface area (Å²) in [6.07, 6.45) is 5.48.